The molecule has 0 aromatic heterocycles. The summed E-state index contributed by atoms with van der Waals surface area (Å²) in [4.78, 5) is 11.7. The largest absolute Gasteiger partial charge is 0.420 e. The van der Waals surface area contributed by atoms with Crippen LogP contribution in [0.2, 0.25) is 0 Å². The SMILES string of the molecule is Cc1ccc(C(=O)Oc2ccc(C)c(F)c2F)c(F)c1. The first-order chi connectivity index (χ1) is 9.40. The van der Waals surface area contributed by atoms with E-state index in [1.165, 1.54) is 25.1 Å². The third kappa shape index (κ3) is 2.66. The van der Waals surface area contributed by atoms with Crippen LogP contribution in [-0.4, -0.2) is 5.97 Å². The number of esters is 1. The van der Waals surface area contributed by atoms with E-state index in [0.717, 1.165) is 12.1 Å². The van der Waals surface area contributed by atoms with Crippen LogP contribution in [0, 0.1) is 31.3 Å². The van der Waals surface area contributed by atoms with Crippen molar-refractivity contribution in [2.75, 3.05) is 0 Å². The molecule has 0 heterocycles. The third-order valence-electron chi connectivity index (χ3n) is 2.79. The quantitative estimate of drug-likeness (QED) is 0.615. The highest BCUT2D eigenvalue weighted by Crippen LogP contribution is 2.23. The topological polar surface area (TPSA) is 26.3 Å². The van der Waals surface area contributed by atoms with Gasteiger partial charge < -0.3 is 4.74 Å². The van der Waals surface area contributed by atoms with Crippen LogP contribution in [0.1, 0.15) is 21.5 Å². The van der Waals surface area contributed by atoms with E-state index in [1.807, 2.05) is 0 Å². The molecule has 104 valence electrons. The van der Waals surface area contributed by atoms with Gasteiger partial charge in [0.05, 0.1) is 5.56 Å². The van der Waals surface area contributed by atoms with Crippen molar-refractivity contribution < 1.29 is 22.7 Å². The molecular weight excluding hydrogens is 269 g/mol. The molecule has 0 unspecified atom stereocenters. The highest BCUT2D eigenvalue weighted by atomic mass is 19.2. The van der Waals surface area contributed by atoms with Crippen molar-refractivity contribution in [2.45, 2.75) is 13.8 Å². The van der Waals surface area contributed by atoms with Gasteiger partial charge >= 0.3 is 5.97 Å². The second-order valence-electron chi connectivity index (χ2n) is 4.38. The molecule has 0 aliphatic heterocycles. The second-order valence-corrected chi connectivity index (χ2v) is 4.38. The highest BCUT2D eigenvalue weighted by Gasteiger charge is 2.18. The zero-order valence-electron chi connectivity index (χ0n) is 10.8. The number of aryl methyl sites for hydroxylation is 2. The van der Waals surface area contributed by atoms with Crippen molar-refractivity contribution in [3.8, 4) is 5.75 Å². The van der Waals surface area contributed by atoms with Gasteiger partial charge in [0.1, 0.15) is 5.82 Å². The Morgan fingerprint density at radius 1 is 1.00 bits per heavy atom. The molecule has 0 aliphatic rings. The number of halogens is 3. The Balaban J connectivity index is 2.30. The molecule has 0 fully saturated rings. The number of benzene rings is 2. The average molecular weight is 280 g/mol. The van der Waals surface area contributed by atoms with Crippen LogP contribution >= 0.6 is 0 Å². The van der Waals surface area contributed by atoms with Gasteiger partial charge in [0.15, 0.2) is 11.6 Å². The molecule has 2 rings (SSSR count). The Morgan fingerprint density at radius 2 is 1.70 bits per heavy atom. The number of carbonyl (C=O) groups excluding carboxylic acids is 1. The Labute approximate surface area is 113 Å². The van der Waals surface area contributed by atoms with Gasteiger partial charge in [-0.15, -0.1) is 0 Å². The Hall–Kier alpha value is -2.30. The molecule has 0 atom stereocenters. The minimum atomic E-state index is -1.27. The smallest absolute Gasteiger partial charge is 0.346 e. The normalized spacial score (nSPS) is 10.4. The van der Waals surface area contributed by atoms with Gasteiger partial charge in [0, 0.05) is 0 Å². The lowest BCUT2D eigenvalue weighted by molar-refractivity contribution is 0.0721. The van der Waals surface area contributed by atoms with Crippen molar-refractivity contribution in [3.63, 3.8) is 0 Å². The van der Waals surface area contributed by atoms with E-state index in [9.17, 15) is 18.0 Å². The minimum Gasteiger partial charge on any atom is -0.420 e. The van der Waals surface area contributed by atoms with Gasteiger partial charge in [0.25, 0.3) is 0 Å². The summed E-state index contributed by atoms with van der Waals surface area (Å²) in [6, 6.07) is 6.30. The van der Waals surface area contributed by atoms with E-state index in [0.29, 0.717) is 5.56 Å². The standard InChI is InChI=1S/C15H11F3O2/c1-8-3-5-10(11(16)7-8)15(19)20-12-6-4-9(2)13(17)14(12)18/h3-7H,1-2H3. The van der Waals surface area contributed by atoms with Crippen LogP contribution in [-0.2, 0) is 0 Å². The van der Waals surface area contributed by atoms with E-state index >= 15 is 0 Å². The summed E-state index contributed by atoms with van der Waals surface area (Å²) >= 11 is 0. The van der Waals surface area contributed by atoms with Gasteiger partial charge in [0.2, 0.25) is 5.82 Å². The fourth-order valence-electron chi connectivity index (χ4n) is 1.65. The van der Waals surface area contributed by atoms with Gasteiger partial charge in [-0.3, -0.25) is 0 Å². The predicted molar refractivity (Wildman–Crippen MR) is 67.2 cm³/mol. The van der Waals surface area contributed by atoms with Gasteiger partial charge in [-0.1, -0.05) is 12.1 Å². The molecule has 0 saturated heterocycles. The summed E-state index contributed by atoms with van der Waals surface area (Å²) in [6.45, 7) is 3.04. The maximum Gasteiger partial charge on any atom is 0.346 e. The first-order valence-electron chi connectivity index (χ1n) is 5.83. The number of carbonyl (C=O) groups is 1. The van der Waals surface area contributed by atoms with Crippen LogP contribution < -0.4 is 4.74 Å². The van der Waals surface area contributed by atoms with E-state index in [1.54, 1.807) is 6.92 Å². The fraction of sp³-hybridized carbons (Fsp3) is 0.133. The molecule has 2 aromatic rings. The molecule has 0 aliphatic carbocycles. The first-order valence-corrected chi connectivity index (χ1v) is 5.83. The minimum absolute atomic E-state index is 0.0869. The number of ether oxygens (including phenoxy) is 1. The molecule has 0 bridgehead atoms. The lowest BCUT2D eigenvalue weighted by atomic mass is 10.1. The lowest BCUT2D eigenvalue weighted by Gasteiger charge is -2.08. The van der Waals surface area contributed by atoms with Crippen LogP contribution in [0.3, 0.4) is 0 Å². The molecule has 2 nitrogen and oxygen atoms in total. The van der Waals surface area contributed by atoms with E-state index < -0.39 is 29.2 Å². The molecule has 5 heteroatoms. The van der Waals surface area contributed by atoms with Crippen LogP contribution in [0.15, 0.2) is 30.3 Å². The summed E-state index contributed by atoms with van der Waals surface area (Å²) in [7, 11) is 0. The zero-order valence-corrected chi connectivity index (χ0v) is 10.8. The monoisotopic (exact) mass is 280 g/mol. The van der Waals surface area contributed by atoms with E-state index in [-0.39, 0.29) is 11.1 Å². The molecule has 2 aromatic carbocycles. The summed E-state index contributed by atoms with van der Waals surface area (Å²) in [5.41, 5.74) is 0.381. The van der Waals surface area contributed by atoms with Gasteiger partial charge in [-0.2, -0.15) is 4.39 Å². The average Bonchev–Trinajstić information content (AvgIpc) is 2.39. The number of hydrogen-bond donors (Lipinski definition) is 0. The van der Waals surface area contributed by atoms with Crippen molar-refractivity contribution in [3.05, 3.63) is 64.5 Å². The van der Waals surface area contributed by atoms with Gasteiger partial charge in [-0.25, -0.2) is 13.6 Å². The highest BCUT2D eigenvalue weighted by molar-refractivity contribution is 5.91. The molecule has 0 amide bonds. The maximum absolute atomic E-state index is 13.6. The summed E-state index contributed by atoms with van der Waals surface area (Å²) < 4.78 is 45.2. The third-order valence-corrected chi connectivity index (χ3v) is 2.79. The predicted octanol–water partition coefficient (Wildman–Crippen LogP) is 3.94. The van der Waals surface area contributed by atoms with Crippen LogP contribution in [0.5, 0.6) is 5.75 Å². The molecule has 0 spiro atoms. The summed E-state index contributed by atoms with van der Waals surface area (Å²) in [5.74, 6) is -4.80. The number of rotatable bonds is 2. The number of hydrogen-bond acceptors (Lipinski definition) is 2. The van der Waals surface area contributed by atoms with E-state index in [2.05, 4.69) is 0 Å². The van der Waals surface area contributed by atoms with Crippen molar-refractivity contribution >= 4 is 5.97 Å². The van der Waals surface area contributed by atoms with Crippen molar-refractivity contribution in [1.29, 1.82) is 0 Å². The molecule has 0 radical (unpaired) electrons. The van der Waals surface area contributed by atoms with Crippen LogP contribution in [0.4, 0.5) is 13.2 Å². The van der Waals surface area contributed by atoms with Gasteiger partial charge in [-0.05, 0) is 43.2 Å². The molecule has 0 N–H and O–H groups in total. The maximum atomic E-state index is 13.6. The zero-order chi connectivity index (χ0) is 14.9. The van der Waals surface area contributed by atoms with Crippen LogP contribution in [0.25, 0.3) is 0 Å². The van der Waals surface area contributed by atoms with Crippen molar-refractivity contribution in [2.24, 2.45) is 0 Å². The summed E-state index contributed by atoms with van der Waals surface area (Å²) in [5, 5.41) is 0. The fourth-order valence-corrected chi connectivity index (χ4v) is 1.65. The first kappa shape index (κ1) is 14.1. The Morgan fingerprint density at radius 3 is 2.35 bits per heavy atom. The summed E-state index contributed by atoms with van der Waals surface area (Å²) in [6.07, 6.45) is 0. The lowest BCUT2D eigenvalue weighted by Crippen LogP contribution is -2.12. The second kappa shape index (κ2) is 5.36. The Kier molecular flexibility index (Phi) is 3.79. The Bertz CT molecular complexity index is 681. The van der Waals surface area contributed by atoms with E-state index in [4.69, 9.17) is 4.74 Å². The van der Waals surface area contributed by atoms with Crippen molar-refractivity contribution in [1.82, 2.24) is 0 Å². The molecular formula is C15H11F3O2. The molecule has 20 heavy (non-hydrogen) atoms. The molecule has 0 saturated carbocycles.